The molecule has 0 bridgehead atoms. The van der Waals surface area contributed by atoms with Gasteiger partial charge in [-0.2, -0.15) is 5.10 Å². The number of esters is 1. The highest BCUT2D eigenvalue weighted by Gasteiger charge is 2.25. The standard InChI is InChI=1S/C20H20N4O4S/c1-3-21-20(27)22-18(25)13(2)28-19(26)15-12-24(14-8-5-4-6-9-14)23-17(15)16-10-7-11-29-16/h4-13H,3H2,1-2H3,(H2,21,22,25,27)/t13-/m0/s1. The molecule has 0 spiro atoms. The number of thiophene rings is 1. The van der Waals surface area contributed by atoms with Gasteiger partial charge in [-0.1, -0.05) is 24.3 Å². The van der Waals surface area contributed by atoms with E-state index in [0.717, 1.165) is 10.6 Å². The number of para-hydroxylation sites is 1. The van der Waals surface area contributed by atoms with Crippen LogP contribution >= 0.6 is 11.3 Å². The molecule has 9 heteroatoms. The van der Waals surface area contributed by atoms with E-state index in [1.165, 1.54) is 18.3 Å². The molecule has 2 aromatic heterocycles. The van der Waals surface area contributed by atoms with Crippen LogP contribution in [0.3, 0.4) is 0 Å². The van der Waals surface area contributed by atoms with Crippen molar-refractivity contribution in [2.24, 2.45) is 0 Å². The van der Waals surface area contributed by atoms with Gasteiger partial charge in [-0.05, 0) is 37.4 Å². The minimum absolute atomic E-state index is 0.231. The molecule has 0 radical (unpaired) electrons. The van der Waals surface area contributed by atoms with E-state index in [9.17, 15) is 14.4 Å². The summed E-state index contributed by atoms with van der Waals surface area (Å²) in [5, 5.41) is 11.0. The van der Waals surface area contributed by atoms with Crippen molar-refractivity contribution in [2.75, 3.05) is 6.54 Å². The van der Waals surface area contributed by atoms with Crippen LogP contribution in [-0.4, -0.2) is 40.3 Å². The molecule has 29 heavy (non-hydrogen) atoms. The normalized spacial score (nSPS) is 11.5. The van der Waals surface area contributed by atoms with Crippen LogP contribution in [0.2, 0.25) is 0 Å². The van der Waals surface area contributed by atoms with E-state index in [-0.39, 0.29) is 5.56 Å². The molecule has 1 atom stereocenters. The first-order chi connectivity index (χ1) is 14.0. The van der Waals surface area contributed by atoms with Gasteiger partial charge in [-0.15, -0.1) is 11.3 Å². The first-order valence-electron chi connectivity index (χ1n) is 8.98. The Morgan fingerprint density at radius 1 is 1.17 bits per heavy atom. The summed E-state index contributed by atoms with van der Waals surface area (Å²) >= 11 is 1.44. The van der Waals surface area contributed by atoms with E-state index < -0.39 is 24.0 Å². The average molecular weight is 412 g/mol. The Bertz CT molecular complexity index is 999. The average Bonchev–Trinajstić information content (AvgIpc) is 3.38. The highest BCUT2D eigenvalue weighted by molar-refractivity contribution is 7.13. The monoisotopic (exact) mass is 412 g/mol. The fraction of sp³-hybridized carbons (Fsp3) is 0.200. The van der Waals surface area contributed by atoms with E-state index in [0.29, 0.717) is 12.2 Å². The molecule has 3 aromatic rings. The number of nitrogens with zero attached hydrogens (tertiary/aromatic N) is 2. The molecule has 3 amide bonds. The maximum absolute atomic E-state index is 12.8. The lowest BCUT2D eigenvalue weighted by Crippen LogP contribution is -2.44. The Morgan fingerprint density at radius 3 is 2.59 bits per heavy atom. The lowest BCUT2D eigenvalue weighted by molar-refractivity contribution is -0.127. The quantitative estimate of drug-likeness (QED) is 0.606. The molecule has 0 saturated carbocycles. The summed E-state index contributed by atoms with van der Waals surface area (Å²) in [5.41, 5.74) is 1.48. The molecule has 150 valence electrons. The third-order valence-corrected chi connectivity index (χ3v) is 4.81. The molecule has 2 heterocycles. The van der Waals surface area contributed by atoms with E-state index in [1.807, 2.05) is 47.8 Å². The Kier molecular flexibility index (Phi) is 6.40. The molecule has 0 aliphatic rings. The fourth-order valence-corrected chi connectivity index (χ4v) is 3.25. The summed E-state index contributed by atoms with van der Waals surface area (Å²) in [4.78, 5) is 37.1. The van der Waals surface area contributed by atoms with Crippen LogP contribution in [0.1, 0.15) is 24.2 Å². The number of hydrogen-bond acceptors (Lipinski definition) is 6. The predicted octanol–water partition coefficient (Wildman–Crippen LogP) is 2.99. The topological polar surface area (TPSA) is 102 Å². The molecule has 0 saturated heterocycles. The third kappa shape index (κ3) is 4.88. The number of amides is 3. The Balaban J connectivity index is 1.83. The van der Waals surface area contributed by atoms with Crippen LogP contribution in [0.25, 0.3) is 16.3 Å². The molecule has 1 aromatic carbocycles. The van der Waals surface area contributed by atoms with Gasteiger partial charge in [0.15, 0.2) is 6.10 Å². The van der Waals surface area contributed by atoms with Crippen LogP contribution in [0.4, 0.5) is 4.79 Å². The number of ether oxygens (including phenoxy) is 1. The number of aromatic nitrogens is 2. The molecule has 2 N–H and O–H groups in total. The highest BCUT2D eigenvalue weighted by atomic mass is 32.1. The van der Waals surface area contributed by atoms with Crippen LogP contribution < -0.4 is 10.6 Å². The van der Waals surface area contributed by atoms with Crippen LogP contribution in [0, 0.1) is 0 Å². The number of nitrogens with one attached hydrogen (secondary N) is 2. The van der Waals surface area contributed by atoms with E-state index >= 15 is 0 Å². The third-order valence-electron chi connectivity index (χ3n) is 3.94. The number of carbonyl (C=O) groups excluding carboxylic acids is 3. The summed E-state index contributed by atoms with van der Waals surface area (Å²) in [6.45, 7) is 3.50. The minimum atomic E-state index is -1.15. The zero-order valence-electron chi connectivity index (χ0n) is 15.9. The molecular formula is C20H20N4O4S. The van der Waals surface area contributed by atoms with Crippen LogP contribution in [-0.2, 0) is 9.53 Å². The molecular weight excluding hydrogens is 392 g/mol. The van der Waals surface area contributed by atoms with Crippen molar-refractivity contribution in [1.82, 2.24) is 20.4 Å². The Morgan fingerprint density at radius 2 is 1.93 bits per heavy atom. The summed E-state index contributed by atoms with van der Waals surface area (Å²) in [7, 11) is 0. The number of hydrogen-bond donors (Lipinski definition) is 2. The van der Waals surface area contributed by atoms with Gasteiger partial charge in [0.05, 0.1) is 10.6 Å². The first-order valence-corrected chi connectivity index (χ1v) is 9.86. The van der Waals surface area contributed by atoms with Crippen LogP contribution in [0.5, 0.6) is 0 Å². The predicted molar refractivity (Wildman–Crippen MR) is 109 cm³/mol. The summed E-state index contributed by atoms with van der Waals surface area (Å²) in [6.07, 6.45) is 0.419. The van der Waals surface area contributed by atoms with Crippen molar-refractivity contribution in [3.05, 3.63) is 59.6 Å². The second-order valence-corrected chi connectivity index (χ2v) is 6.99. The van der Waals surface area contributed by atoms with Crippen molar-refractivity contribution in [3.63, 3.8) is 0 Å². The van der Waals surface area contributed by atoms with Crippen molar-refractivity contribution in [3.8, 4) is 16.3 Å². The van der Waals surface area contributed by atoms with Gasteiger partial charge >= 0.3 is 12.0 Å². The van der Waals surface area contributed by atoms with Gasteiger partial charge in [0.25, 0.3) is 5.91 Å². The molecule has 0 fully saturated rings. The summed E-state index contributed by atoms with van der Waals surface area (Å²) < 4.78 is 6.87. The first kappa shape index (κ1) is 20.3. The Hall–Kier alpha value is -3.46. The second-order valence-electron chi connectivity index (χ2n) is 6.05. The van der Waals surface area contributed by atoms with E-state index in [1.54, 1.807) is 17.8 Å². The van der Waals surface area contributed by atoms with Gasteiger partial charge in [0.1, 0.15) is 11.3 Å². The summed E-state index contributed by atoms with van der Waals surface area (Å²) in [5.74, 6) is -1.41. The number of urea groups is 1. The second kappa shape index (κ2) is 9.16. The molecule has 3 rings (SSSR count). The zero-order valence-corrected chi connectivity index (χ0v) is 16.7. The van der Waals surface area contributed by atoms with Crippen molar-refractivity contribution >= 4 is 29.2 Å². The summed E-state index contributed by atoms with van der Waals surface area (Å²) in [6, 6.07) is 12.4. The van der Waals surface area contributed by atoms with Crippen molar-refractivity contribution < 1.29 is 19.1 Å². The maximum Gasteiger partial charge on any atom is 0.342 e. The SMILES string of the molecule is CCNC(=O)NC(=O)[C@H](C)OC(=O)c1cn(-c2ccccc2)nc1-c1cccs1. The fourth-order valence-electron chi connectivity index (χ4n) is 2.53. The molecule has 8 nitrogen and oxygen atoms in total. The molecule has 0 aliphatic carbocycles. The highest BCUT2D eigenvalue weighted by Crippen LogP contribution is 2.28. The van der Waals surface area contributed by atoms with E-state index in [4.69, 9.17) is 4.74 Å². The van der Waals surface area contributed by atoms with Gasteiger partial charge in [0, 0.05) is 12.7 Å². The van der Waals surface area contributed by atoms with Gasteiger partial charge in [-0.25, -0.2) is 14.3 Å². The largest absolute Gasteiger partial charge is 0.449 e. The smallest absolute Gasteiger partial charge is 0.342 e. The lowest BCUT2D eigenvalue weighted by Gasteiger charge is -2.12. The lowest BCUT2D eigenvalue weighted by atomic mass is 10.2. The van der Waals surface area contributed by atoms with Gasteiger partial charge in [-0.3, -0.25) is 10.1 Å². The van der Waals surface area contributed by atoms with Crippen LogP contribution in [0.15, 0.2) is 54.0 Å². The number of rotatable bonds is 6. The van der Waals surface area contributed by atoms with Gasteiger partial charge in [0.2, 0.25) is 0 Å². The van der Waals surface area contributed by atoms with Gasteiger partial charge < -0.3 is 10.1 Å². The molecule has 0 aliphatic heterocycles. The van der Waals surface area contributed by atoms with Crippen molar-refractivity contribution in [2.45, 2.75) is 20.0 Å². The maximum atomic E-state index is 12.8. The Labute approximate surface area is 171 Å². The molecule has 0 unspecified atom stereocenters. The van der Waals surface area contributed by atoms with E-state index in [2.05, 4.69) is 15.7 Å². The van der Waals surface area contributed by atoms with Crippen molar-refractivity contribution in [1.29, 1.82) is 0 Å². The number of imide groups is 1. The number of carbonyl (C=O) groups is 3. The minimum Gasteiger partial charge on any atom is -0.449 e. The zero-order chi connectivity index (χ0) is 20.8. The number of benzene rings is 1.